The van der Waals surface area contributed by atoms with Crippen LogP contribution in [0.25, 0.3) is 0 Å². The maximum absolute atomic E-state index is 9.60. The van der Waals surface area contributed by atoms with E-state index >= 15 is 0 Å². The minimum Gasteiger partial charge on any atom is -0.450 e. The van der Waals surface area contributed by atoms with Crippen molar-refractivity contribution >= 4 is 6.09 Å². The Kier molecular flexibility index (Phi) is 12.3. The molecule has 50 valence electrons. The third-order valence-electron chi connectivity index (χ3n) is 0.287. The molecular weight excluding hydrogens is 106 g/mol. The monoisotopic (exact) mass is 119 g/mol. The number of amides is 1. The van der Waals surface area contributed by atoms with Gasteiger partial charge in [0.15, 0.2) is 0 Å². The molecule has 3 nitrogen and oxygen atoms in total. The lowest BCUT2D eigenvalue weighted by atomic mass is 10.9. The highest BCUT2D eigenvalue weighted by Gasteiger charge is 1.82. The average molecular weight is 119 g/mol. The first-order chi connectivity index (χ1) is 3.77. The average Bonchev–Trinajstić information content (AvgIpc) is 1.72. The van der Waals surface area contributed by atoms with E-state index < -0.39 is 6.09 Å². The van der Waals surface area contributed by atoms with Crippen molar-refractivity contribution in [1.29, 1.82) is 0 Å². The number of carbonyl (C=O) groups excluding carboxylic acids is 1. The van der Waals surface area contributed by atoms with Gasteiger partial charge in [0.25, 0.3) is 0 Å². The molecule has 2 N–H and O–H groups in total. The molecule has 0 radical (unpaired) electrons. The molecule has 0 saturated carbocycles. The Morgan fingerprint density at radius 3 is 2.00 bits per heavy atom. The summed E-state index contributed by atoms with van der Waals surface area (Å²) in [5.41, 5.74) is 4.54. The molecule has 0 bridgehead atoms. The molecule has 0 saturated heterocycles. The van der Waals surface area contributed by atoms with E-state index in [1.54, 1.807) is 6.92 Å². The van der Waals surface area contributed by atoms with E-state index in [0.29, 0.717) is 6.61 Å². The lowest BCUT2D eigenvalue weighted by Crippen LogP contribution is -2.11. The maximum atomic E-state index is 9.60. The zero-order valence-electron chi connectivity index (χ0n) is 5.60. The fourth-order valence-electron chi connectivity index (χ4n) is 0.142. The van der Waals surface area contributed by atoms with Gasteiger partial charge in [-0.15, -0.1) is 0 Å². The summed E-state index contributed by atoms with van der Waals surface area (Å²) in [7, 11) is 0. The van der Waals surface area contributed by atoms with Crippen molar-refractivity contribution in [3.8, 4) is 0 Å². The minimum atomic E-state index is -0.711. The van der Waals surface area contributed by atoms with Gasteiger partial charge in [-0.3, -0.25) is 0 Å². The number of hydrogen-bond acceptors (Lipinski definition) is 2. The fourth-order valence-corrected chi connectivity index (χ4v) is 0.142. The van der Waals surface area contributed by atoms with Crippen LogP contribution in [0.4, 0.5) is 4.79 Å². The third-order valence-corrected chi connectivity index (χ3v) is 0.287. The Balaban J connectivity index is 0. The van der Waals surface area contributed by atoms with E-state index in [9.17, 15) is 4.79 Å². The van der Waals surface area contributed by atoms with Gasteiger partial charge in [0.05, 0.1) is 6.61 Å². The van der Waals surface area contributed by atoms with Crippen LogP contribution in [0, 0.1) is 0 Å². The Morgan fingerprint density at radius 1 is 1.62 bits per heavy atom. The summed E-state index contributed by atoms with van der Waals surface area (Å²) < 4.78 is 4.18. The number of ether oxygens (including phenoxy) is 1. The third kappa shape index (κ3) is 18.6. The largest absolute Gasteiger partial charge is 0.450 e. The van der Waals surface area contributed by atoms with Crippen LogP contribution >= 0.6 is 0 Å². The topological polar surface area (TPSA) is 52.3 Å². The summed E-state index contributed by atoms with van der Waals surface area (Å²) in [5, 5.41) is 0. The van der Waals surface area contributed by atoms with Gasteiger partial charge >= 0.3 is 6.09 Å². The van der Waals surface area contributed by atoms with Gasteiger partial charge in [0.2, 0.25) is 0 Å². The van der Waals surface area contributed by atoms with Crippen LogP contribution in [-0.2, 0) is 4.74 Å². The van der Waals surface area contributed by atoms with Crippen LogP contribution in [0.2, 0.25) is 0 Å². The number of hydrogen-bond donors (Lipinski definition) is 1. The quantitative estimate of drug-likeness (QED) is 0.562. The zero-order chi connectivity index (χ0) is 6.99. The van der Waals surface area contributed by atoms with E-state index in [1.165, 1.54) is 0 Å². The first-order valence-corrected chi connectivity index (χ1v) is 2.69. The SMILES string of the molecule is CC.CCOC(N)=O. The molecule has 0 aromatic rings. The smallest absolute Gasteiger partial charge is 0.404 e. The van der Waals surface area contributed by atoms with E-state index in [4.69, 9.17) is 0 Å². The number of rotatable bonds is 1. The van der Waals surface area contributed by atoms with Crippen molar-refractivity contribution in [2.75, 3.05) is 6.61 Å². The van der Waals surface area contributed by atoms with Crippen LogP contribution in [0.1, 0.15) is 20.8 Å². The van der Waals surface area contributed by atoms with Crippen LogP contribution < -0.4 is 5.73 Å². The molecule has 0 rings (SSSR count). The molecule has 0 aliphatic rings. The summed E-state index contributed by atoms with van der Waals surface area (Å²) in [4.78, 5) is 9.60. The predicted molar refractivity (Wildman–Crippen MR) is 32.6 cm³/mol. The van der Waals surface area contributed by atoms with Crippen molar-refractivity contribution in [2.24, 2.45) is 5.73 Å². The lowest BCUT2D eigenvalue weighted by Gasteiger charge is -1.89. The van der Waals surface area contributed by atoms with Gasteiger partial charge in [-0.1, -0.05) is 13.8 Å². The Morgan fingerprint density at radius 2 is 2.00 bits per heavy atom. The molecule has 0 aliphatic heterocycles. The van der Waals surface area contributed by atoms with Crippen molar-refractivity contribution in [3.05, 3.63) is 0 Å². The first kappa shape index (κ1) is 10.3. The summed E-state index contributed by atoms with van der Waals surface area (Å²) >= 11 is 0. The van der Waals surface area contributed by atoms with Gasteiger partial charge in [0.1, 0.15) is 0 Å². The van der Waals surface area contributed by atoms with E-state index in [0.717, 1.165) is 0 Å². The molecule has 0 unspecified atom stereocenters. The standard InChI is InChI=1S/C3H7NO2.C2H6/c1-2-6-3(4)5;1-2/h2H2,1H3,(H2,4,5);1-2H3. The molecule has 1 amide bonds. The van der Waals surface area contributed by atoms with Gasteiger partial charge < -0.3 is 10.5 Å². The highest BCUT2D eigenvalue weighted by Crippen LogP contribution is 1.66. The summed E-state index contributed by atoms with van der Waals surface area (Å²) in [6.45, 7) is 6.06. The van der Waals surface area contributed by atoms with Crippen molar-refractivity contribution in [1.82, 2.24) is 0 Å². The van der Waals surface area contributed by atoms with Gasteiger partial charge in [0, 0.05) is 0 Å². The Bertz CT molecular complexity index is 54.4. The van der Waals surface area contributed by atoms with E-state index in [2.05, 4.69) is 10.5 Å². The first-order valence-electron chi connectivity index (χ1n) is 2.69. The van der Waals surface area contributed by atoms with Crippen LogP contribution in [0.15, 0.2) is 0 Å². The summed E-state index contributed by atoms with van der Waals surface area (Å²) in [6.07, 6.45) is -0.711. The molecule has 8 heavy (non-hydrogen) atoms. The van der Waals surface area contributed by atoms with E-state index in [1.807, 2.05) is 13.8 Å². The van der Waals surface area contributed by atoms with Crippen molar-refractivity contribution in [2.45, 2.75) is 20.8 Å². The number of primary amides is 1. The van der Waals surface area contributed by atoms with Crippen LogP contribution in [-0.4, -0.2) is 12.7 Å². The Hall–Kier alpha value is -0.730. The fraction of sp³-hybridized carbons (Fsp3) is 0.800. The Labute approximate surface area is 49.8 Å². The number of nitrogens with two attached hydrogens (primary N) is 1. The molecular formula is C5H13NO2. The van der Waals surface area contributed by atoms with E-state index in [-0.39, 0.29) is 0 Å². The zero-order valence-corrected chi connectivity index (χ0v) is 5.60. The molecule has 0 aromatic heterocycles. The minimum absolute atomic E-state index is 0.356. The van der Waals surface area contributed by atoms with Gasteiger partial charge in [-0.05, 0) is 6.92 Å². The van der Waals surface area contributed by atoms with Gasteiger partial charge in [-0.25, -0.2) is 4.79 Å². The second-order valence-corrected chi connectivity index (χ2v) is 0.752. The lowest BCUT2D eigenvalue weighted by molar-refractivity contribution is 0.163. The van der Waals surface area contributed by atoms with Crippen molar-refractivity contribution in [3.63, 3.8) is 0 Å². The number of carbonyl (C=O) groups is 1. The molecule has 0 atom stereocenters. The second kappa shape index (κ2) is 9.55. The molecule has 0 spiro atoms. The maximum Gasteiger partial charge on any atom is 0.404 e. The summed E-state index contributed by atoms with van der Waals surface area (Å²) in [6, 6.07) is 0. The second-order valence-electron chi connectivity index (χ2n) is 0.752. The van der Waals surface area contributed by atoms with Crippen molar-refractivity contribution < 1.29 is 9.53 Å². The molecule has 3 heteroatoms. The van der Waals surface area contributed by atoms with Crippen LogP contribution in [0.5, 0.6) is 0 Å². The van der Waals surface area contributed by atoms with Crippen LogP contribution in [0.3, 0.4) is 0 Å². The predicted octanol–water partition coefficient (Wildman–Crippen LogP) is 1.13. The summed E-state index contributed by atoms with van der Waals surface area (Å²) in [5.74, 6) is 0. The molecule has 0 fully saturated rings. The molecule has 0 aliphatic carbocycles. The normalized spacial score (nSPS) is 6.38. The molecule has 0 aromatic carbocycles. The van der Waals surface area contributed by atoms with Gasteiger partial charge in [-0.2, -0.15) is 0 Å². The highest BCUT2D eigenvalue weighted by atomic mass is 16.5. The molecule has 0 heterocycles. The highest BCUT2D eigenvalue weighted by molar-refractivity contribution is 5.64.